The molecule has 0 saturated carbocycles. The van der Waals surface area contributed by atoms with Crippen molar-refractivity contribution in [2.45, 2.75) is 45.3 Å². The molecule has 1 heterocycles. The van der Waals surface area contributed by atoms with Crippen molar-refractivity contribution >= 4 is 47.0 Å². The van der Waals surface area contributed by atoms with Gasteiger partial charge in [0.05, 0.1) is 29.3 Å². The number of hydrogen-bond donors (Lipinski definition) is 1. The van der Waals surface area contributed by atoms with Crippen molar-refractivity contribution in [3.8, 4) is 5.75 Å². The molecular formula is C30H33Cl2N3O6. The van der Waals surface area contributed by atoms with Gasteiger partial charge in [-0.1, -0.05) is 47.5 Å². The molecule has 2 amide bonds. The lowest BCUT2D eigenvalue weighted by Crippen LogP contribution is -2.43. The highest BCUT2D eigenvalue weighted by Gasteiger charge is 2.26. The molecule has 0 unspecified atom stereocenters. The highest BCUT2D eigenvalue weighted by molar-refractivity contribution is 6.39. The van der Waals surface area contributed by atoms with Gasteiger partial charge in [0, 0.05) is 19.2 Å². The molecule has 41 heavy (non-hydrogen) atoms. The predicted octanol–water partition coefficient (Wildman–Crippen LogP) is 6.11. The summed E-state index contributed by atoms with van der Waals surface area (Å²) in [5, 5.41) is 3.01. The number of nitrogens with one attached hydrogen (secondary N) is 1. The lowest BCUT2D eigenvalue weighted by Gasteiger charge is -2.26. The van der Waals surface area contributed by atoms with Gasteiger partial charge in [0.1, 0.15) is 23.2 Å². The number of esters is 1. The molecule has 0 saturated heterocycles. The van der Waals surface area contributed by atoms with Crippen molar-refractivity contribution in [1.82, 2.24) is 10.3 Å². The van der Waals surface area contributed by atoms with Crippen LogP contribution in [0.3, 0.4) is 0 Å². The van der Waals surface area contributed by atoms with E-state index in [9.17, 15) is 14.4 Å². The van der Waals surface area contributed by atoms with Crippen LogP contribution >= 0.6 is 23.2 Å². The summed E-state index contributed by atoms with van der Waals surface area (Å²) in [5.41, 5.74) is 0.214. The molecule has 0 aliphatic rings. The lowest BCUT2D eigenvalue weighted by atomic mass is 10.0. The minimum Gasteiger partial charge on any atom is -0.494 e. The number of nitrogens with zero attached hydrogens (tertiary/aromatic N) is 2. The summed E-state index contributed by atoms with van der Waals surface area (Å²) < 4.78 is 16.3. The van der Waals surface area contributed by atoms with E-state index < -0.39 is 29.6 Å². The van der Waals surface area contributed by atoms with Crippen LogP contribution in [-0.4, -0.2) is 54.9 Å². The standard InChI is InChI=1S/C30H33Cl2N3O6/c1-30(2,3)41-29(38)35(25-11-5-6-16-33-25)17-8-18-40-21-14-12-20(13-15-21)19-24(28(37)39-4)34-27(36)26-22(31)9-7-10-23(26)32/h5-7,9-16,24H,8,17-19H2,1-4H3,(H,34,36)/t24-/m0/s1. The topological polar surface area (TPSA) is 107 Å². The SMILES string of the molecule is COC(=O)[C@H](Cc1ccc(OCCCN(C(=O)OC(C)(C)C)c2ccccn2)cc1)NC(=O)c1c(Cl)cccc1Cl. The fraction of sp³-hybridized carbons (Fsp3) is 0.333. The van der Waals surface area contributed by atoms with Crippen LogP contribution in [-0.2, 0) is 20.7 Å². The maximum absolute atomic E-state index is 12.8. The molecule has 0 aliphatic heterocycles. The van der Waals surface area contributed by atoms with E-state index in [1.54, 1.807) is 66.9 Å². The second kappa shape index (κ2) is 14.7. The van der Waals surface area contributed by atoms with E-state index in [0.717, 1.165) is 5.56 Å². The third-order valence-corrected chi connectivity index (χ3v) is 6.31. The summed E-state index contributed by atoms with van der Waals surface area (Å²) in [7, 11) is 1.25. The van der Waals surface area contributed by atoms with Gasteiger partial charge in [-0.2, -0.15) is 0 Å². The Hall–Kier alpha value is -3.82. The van der Waals surface area contributed by atoms with Gasteiger partial charge in [-0.3, -0.25) is 9.69 Å². The first-order chi connectivity index (χ1) is 19.5. The van der Waals surface area contributed by atoms with E-state index in [0.29, 0.717) is 31.1 Å². The van der Waals surface area contributed by atoms with Crippen LogP contribution in [0.4, 0.5) is 10.6 Å². The Labute approximate surface area is 249 Å². The van der Waals surface area contributed by atoms with Crippen LogP contribution in [0.25, 0.3) is 0 Å². The highest BCUT2D eigenvalue weighted by Crippen LogP contribution is 2.24. The Bertz CT molecular complexity index is 1310. The Balaban J connectivity index is 1.58. The van der Waals surface area contributed by atoms with Gasteiger partial charge in [0.15, 0.2) is 0 Å². The fourth-order valence-corrected chi connectivity index (χ4v) is 4.35. The zero-order valence-electron chi connectivity index (χ0n) is 23.4. The third-order valence-electron chi connectivity index (χ3n) is 5.68. The maximum Gasteiger partial charge on any atom is 0.416 e. The summed E-state index contributed by atoms with van der Waals surface area (Å²) in [5.74, 6) is -0.0848. The van der Waals surface area contributed by atoms with E-state index in [1.807, 2.05) is 20.8 Å². The zero-order chi connectivity index (χ0) is 30.0. The number of amides is 2. The van der Waals surface area contributed by atoms with Crippen molar-refractivity contribution in [1.29, 1.82) is 0 Å². The predicted molar refractivity (Wildman–Crippen MR) is 158 cm³/mol. The summed E-state index contributed by atoms with van der Waals surface area (Å²) in [4.78, 5) is 43.7. The van der Waals surface area contributed by atoms with Gasteiger partial charge in [-0.15, -0.1) is 0 Å². The number of carbonyl (C=O) groups is 3. The summed E-state index contributed by atoms with van der Waals surface area (Å²) >= 11 is 12.3. The van der Waals surface area contributed by atoms with Crippen LogP contribution in [0.2, 0.25) is 10.0 Å². The smallest absolute Gasteiger partial charge is 0.416 e. The first kappa shape index (κ1) is 31.7. The molecule has 0 radical (unpaired) electrons. The number of carbonyl (C=O) groups excluding carboxylic acids is 3. The van der Waals surface area contributed by atoms with Crippen LogP contribution in [0.15, 0.2) is 66.9 Å². The molecule has 2 aromatic carbocycles. The zero-order valence-corrected chi connectivity index (χ0v) is 24.9. The second-order valence-electron chi connectivity index (χ2n) is 10.0. The molecule has 218 valence electrons. The van der Waals surface area contributed by atoms with Crippen molar-refractivity contribution in [2.24, 2.45) is 0 Å². The molecule has 3 aromatic rings. The van der Waals surface area contributed by atoms with Gasteiger partial charge in [-0.25, -0.2) is 14.6 Å². The van der Waals surface area contributed by atoms with Crippen molar-refractivity contribution < 1.29 is 28.6 Å². The number of halogens is 2. The average Bonchev–Trinajstić information content (AvgIpc) is 2.92. The number of benzene rings is 2. The first-order valence-corrected chi connectivity index (χ1v) is 13.7. The normalized spacial score (nSPS) is 11.8. The fourth-order valence-electron chi connectivity index (χ4n) is 3.78. The number of aromatic nitrogens is 1. The lowest BCUT2D eigenvalue weighted by molar-refractivity contribution is -0.142. The van der Waals surface area contributed by atoms with Crippen LogP contribution in [0.1, 0.15) is 43.1 Å². The number of hydrogen-bond acceptors (Lipinski definition) is 7. The van der Waals surface area contributed by atoms with E-state index in [2.05, 4.69) is 10.3 Å². The van der Waals surface area contributed by atoms with E-state index in [1.165, 1.54) is 12.0 Å². The van der Waals surface area contributed by atoms with Crippen molar-refractivity contribution in [3.05, 3.63) is 88.0 Å². The monoisotopic (exact) mass is 601 g/mol. The molecule has 11 heteroatoms. The summed E-state index contributed by atoms with van der Waals surface area (Å²) in [6.07, 6.45) is 1.84. The number of methoxy groups -OCH3 is 1. The van der Waals surface area contributed by atoms with Crippen LogP contribution in [0.5, 0.6) is 5.75 Å². The molecule has 3 rings (SSSR count). The molecule has 0 spiro atoms. The summed E-state index contributed by atoms with van der Waals surface area (Å²) in [6, 6.07) is 16.2. The van der Waals surface area contributed by atoms with Gasteiger partial charge in [-0.05, 0) is 69.2 Å². The molecule has 1 N–H and O–H groups in total. The first-order valence-electron chi connectivity index (χ1n) is 12.9. The summed E-state index contributed by atoms with van der Waals surface area (Å²) in [6.45, 7) is 6.11. The molecule has 1 atom stereocenters. The largest absolute Gasteiger partial charge is 0.494 e. The number of ether oxygens (including phenoxy) is 3. The Morgan fingerprint density at radius 1 is 0.976 bits per heavy atom. The maximum atomic E-state index is 12.8. The van der Waals surface area contributed by atoms with Gasteiger partial charge < -0.3 is 19.5 Å². The van der Waals surface area contributed by atoms with Crippen LogP contribution in [0, 0.1) is 0 Å². The van der Waals surface area contributed by atoms with E-state index in [4.69, 9.17) is 37.4 Å². The number of pyridine rings is 1. The average molecular weight is 603 g/mol. The van der Waals surface area contributed by atoms with Crippen LogP contribution < -0.4 is 15.0 Å². The third kappa shape index (κ3) is 9.65. The molecule has 0 aliphatic carbocycles. The van der Waals surface area contributed by atoms with Gasteiger partial charge in [0.25, 0.3) is 5.91 Å². The van der Waals surface area contributed by atoms with Crippen molar-refractivity contribution in [3.63, 3.8) is 0 Å². The molecule has 9 nitrogen and oxygen atoms in total. The molecular weight excluding hydrogens is 569 g/mol. The molecule has 0 bridgehead atoms. The highest BCUT2D eigenvalue weighted by atomic mass is 35.5. The Kier molecular flexibility index (Phi) is 11.4. The minimum atomic E-state index is -0.961. The quantitative estimate of drug-likeness (QED) is 0.208. The van der Waals surface area contributed by atoms with Crippen molar-refractivity contribution in [2.75, 3.05) is 25.2 Å². The minimum absolute atomic E-state index is 0.0850. The molecule has 1 aromatic heterocycles. The number of anilines is 1. The Morgan fingerprint density at radius 3 is 2.24 bits per heavy atom. The van der Waals surface area contributed by atoms with E-state index >= 15 is 0 Å². The number of rotatable bonds is 11. The van der Waals surface area contributed by atoms with Gasteiger partial charge in [0.2, 0.25) is 0 Å². The Morgan fingerprint density at radius 2 is 1.66 bits per heavy atom. The van der Waals surface area contributed by atoms with Gasteiger partial charge >= 0.3 is 12.1 Å². The second-order valence-corrected chi connectivity index (χ2v) is 10.8. The van der Waals surface area contributed by atoms with E-state index in [-0.39, 0.29) is 22.0 Å². The molecule has 0 fully saturated rings.